The molecule has 1 N–H and O–H groups in total. The van der Waals surface area contributed by atoms with Crippen LogP contribution in [0.15, 0.2) is 23.6 Å². The molecule has 2 aliphatic rings. The molecule has 3 nitrogen and oxygen atoms in total. The molecule has 146 valence electrons. The molecule has 1 aliphatic carbocycles. The van der Waals surface area contributed by atoms with Crippen LogP contribution >= 0.6 is 11.3 Å². The summed E-state index contributed by atoms with van der Waals surface area (Å²) in [5.41, 5.74) is 5.53. The normalized spacial score (nSPS) is 29.1. The molecule has 0 saturated carbocycles. The van der Waals surface area contributed by atoms with E-state index in [1.54, 1.807) is 22.5 Å². The van der Waals surface area contributed by atoms with Crippen molar-refractivity contribution in [1.82, 2.24) is 10.3 Å². The van der Waals surface area contributed by atoms with Crippen molar-refractivity contribution in [3.05, 3.63) is 34.7 Å². The number of aromatic nitrogens is 1. The van der Waals surface area contributed by atoms with E-state index >= 15 is 0 Å². The van der Waals surface area contributed by atoms with Gasteiger partial charge in [-0.25, -0.2) is 4.98 Å². The second-order valence-electron chi connectivity index (χ2n) is 8.71. The lowest BCUT2D eigenvalue weighted by Gasteiger charge is -2.32. The zero-order valence-electron chi connectivity index (χ0n) is 17.2. The maximum atomic E-state index is 4.99. The number of fused-ring (bicyclic) bond motifs is 1. The van der Waals surface area contributed by atoms with Crippen molar-refractivity contribution in [3.8, 4) is 11.3 Å². The Hall–Kier alpha value is -1.39. The molecule has 1 fully saturated rings. The van der Waals surface area contributed by atoms with E-state index in [9.17, 15) is 0 Å². The van der Waals surface area contributed by atoms with Crippen LogP contribution in [0, 0.1) is 11.8 Å². The smallest absolute Gasteiger partial charge is 0.185 e. The van der Waals surface area contributed by atoms with Crippen LogP contribution in [0.5, 0.6) is 0 Å². The van der Waals surface area contributed by atoms with Crippen LogP contribution in [0.25, 0.3) is 11.3 Å². The molecule has 4 rings (SSSR count). The lowest BCUT2D eigenvalue weighted by molar-refractivity contribution is 0.343. The van der Waals surface area contributed by atoms with Gasteiger partial charge in [-0.2, -0.15) is 0 Å². The van der Waals surface area contributed by atoms with Gasteiger partial charge in [0.25, 0.3) is 0 Å². The molecule has 4 heteroatoms. The number of rotatable bonds is 2. The molecule has 2 aromatic rings. The van der Waals surface area contributed by atoms with Crippen molar-refractivity contribution in [2.24, 2.45) is 11.8 Å². The van der Waals surface area contributed by atoms with Crippen molar-refractivity contribution in [2.45, 2.75) is 52.4 Å². The first-order chi connectivity index (χ1) is 13.0. The first kappa shape index (κ1) is 18.9. The van der Waals surface area contributed by atoms with Crippen molar-refractivity contribution in [2.75, 3.05) is 31.1 Å². The fraction of sp³-hybridized carbons (Fsp3) is 0.609. The number of hydrogen-bond acceptors (Lipinski definition) is 4. The summed E-state index contributed by atoms with van der Waals surface area (Å²) in [5.74, 6) is 2.74. The zero-order valence-corrected chi connectivity index (χ0v) is 18.0. The largest absolute Gasteiger partial charge is 0.346 e. The topological polar surface area (TPSA) is 28.2 Å². The molecule has 0 bridgehead atoms. The Labute approximate surface area is 168 Å². The van der Waals surface area contributed by atoms with E-state index in [2.05, 4.69) is 61.5 Å². The van der Waals surface area contributed by atoms with Gasteiger partial charge in [-0.15, -0.1) is 11.3 Å². The Morgan fingerprint density at radius 1 is 0.963 bits per heavy atom. The summed E-state index contributed by atoms with van der Waals surface area (Å²) in [6.45, 7) is 13.9. The number of thiazole rings is 1. The number of anilines is 1. The lowest BCUT2D eigenvalue weighted by Crippen LogP contribution is -2.43. The number of benzene rings is 1. The molecule has 2 heterocycles. The van der Waals surface area contributed by atoms with Gasteiger partial charge in [0, 0.05) is 37.1 Å². The fourth-order valence-corrected chi connectivity index (χ4v) is 5.47. The second kappa shape index (κ2) is 7.92. The van der Waals surface area contributed by atoms with E-state index in [1.807, 2.05) is 0 Å². The highest BCUT2D eigenvalue weighted by Gasteiger charge is 2.27. The average molecular weight is 384 g/mol. The van der Waals surface area contributed by atoms with Gasteiger partial charge < -0.3 is 10.2 Å². The van der Waals surface area contributed by atoms with E-state index in [4.69, 9.17) is 4.98 Å². The summed E-state index contributed by atoms with van der Waals surface area (Å²) < 4.78 is 0. The third kappa shape index (κ3) is 3.79. The van der Waals surface area contributed by atoms with Gasteiger partial charge >= 0.3 is 0 Å². The van der Waals surface area contributed by atoms with Crippen molar-refractivity contribution in [3.63, 3.8) is 0 Å². The summed E-state index contributed by atoms with van der Waals surface area (Å²) in [6, 6.07) is 7.14. The first-order valence-electron chi connectivity index (χ1n) is 10.6. The van der Waals surface area contributed by atoms with Gasteiger partial charge in [-0.1, -0.05) is 39.8 Å². The van der Waals surface area contributed by atoms with Gasteiger partial charge in [0.2, 0.25) is 0 Å². The highest BCUT2D eigenvalue weighted by molar-refractivity contribution is 7.14. The standard InChI is InChI=1S/C23H33N3S/c1-15-5-6-16(2)18(4)21-13-19(7-8-20(21)17(15)3)22-14-27-23(25-22)26-11-9-24-10-12-26/h7-8,13-18,24H,5-6,9-12H2,1-4H3. The molecule has 0 amide bonds. The number of piperazine rings is 1. The van der Waals surface area contributed by atoms with Crippen LogP contribution in [-0.2, 0) is 0 Å². The quantitative estimate of drug-likeness (QED) is 0.743. The van der Waals surface area contributed by atoms with Gasteiger partial charge in [0.05, 0.1) is 5.69 Å². The SMILES string of the molecule is CC1CCC(C)C(C)c2cc(-c3csc(N4CCNCC4)n3)ccc2C1C. The minimum absolute atomic E-state index is 0.612. The predicted octanol–water partition coefficient (Wildman–Crippen LogP) is 5.49. The van der Waals surface area contributed by atoms with Crippen LogP contribution in [-0.4, -0.2) is 31.2 Å². The molecular formula is C23H33N3S. The third-order valence-corrected chi connectivity index (χ3v) is 7.93. The van der Waals surface area contributed by atoms with Gasteiger partial charge in [0.15, 0.2) is 5.13 Å². The van der Waals surface area contributed by atoms with Crippen molar-refractivity contribution >= 4 is 16.5 Å². The highest BCUT2D eigenvalue weighted by Crippen LogP contribution is 2.42. The number of hydrogen-bond donors (Lipinski definition) is 1. The van der Waals surface area contributed by atoms with Crippen molar-refractivity contribution in [1.29, 1.82) is 0 Å². The van der Waals surface area contributed by atoms with E-state index in [0.29, 0.717) is 11.8 Å². The lowest BCUT2D eigenvalue weighted by atomic mass is 9.72. The van der Waals surface area contributed by atoms with Gasteiger partial charge in [-0.05, 0) is 53.7 Å². The molecule has 1 aromatic heterocycles. The molecule has 0 spiro atoms. The first-order valence-corrected chi connectivity index (χ1v) is 11.5. The highest BCUT2D eigenvalue weighted by atomic mass is 32.1. The van der Waals surface area contributed by atoms with Gasteiger partial charge in [0.1, 0.15) is 0 Å². The second-order valence-corrected chi connectivity index (χ2v) is 9.54. The molecule has 0 radical (unpaired) electrons. The van der Waals surface area contributed by atoms with Crippen LogP contribution in [0.2, 0.25) is 0 Å². The maximum absolute atomic E-state index is 4.99. The van der Waals surface area contributed by atoms with E-state index < -0.39 is 0 Å². The fourth-order valence-electron chi connectivity index (χ4n) is 4.58. The van der Waals surface area contributed by atoms with Crippen molar-refractivity contribution < 1.29 is 0 Å². The minimum atomic E-state index is 0.612. The Bertz CT molecular complexity index is 778. The minimum Gasteiger partial charge on any atom is -0.346 e. The van der Waals surface area contributed by atoms with E-state index in [0.717, 1.165) is 43.7 Å². The summed E-state index contributed by atoms with van der Waals surface area (Å²) >= 11 is 1.79. The van der Waals surface area contributed by atoms with E-state index in [-0.39, 0.29) is 0 Å². The summed E-state index contributed by atoms with van der Waals surface area (Å²) in [6.07, 6.45) is 2.67. The molecule has 1 aromatic carbocycles. The zero-order chi connectivity index (χ0) is 19.0. The molecule has 4 atom stereocenters. The monoisotopic (exact) mass is 383 g/mol. The molecule has 27 heavy (non-hydrogen) atoms. The third-order valence-electron chi connectivity index (χ3n) is 7.03. The molecule has 1 saturated heterocycles. The van der Waals surface area contributed by atoms with Crippen LogP contribution in [0.4, 0.5) is 5.13 Å². The molecular weight excluding hydrogens is 350 g/mol. The Morgan fingerprint density at radius 2 is 1.63 bits per heavy atom. The maximum Gasteiger partial charge on any atom is 0.185 e. The average Bonchev–Trinajstić information content (AvgIpc) is 3.20. The van der Waals surface area contributed by atoms with E-state index in [1.165, 1.54) is 23.5 Å². The van der Waals surface area contributed by atoms with Gasteiger partial charge in [-0.3, -0.25) is 0 Å². The summed E-state index contributed by atoms with van der Waals surface area (Å²) in [7, 11) is 0. The Kier molecular flexibility index (Phi) is 5.56. The Balaban J connectivity index is 1.67. The number of nitrogens with one attached hydrogen (secondary N) is 1. The molecule has 4 unspecified atom stereocenters. The number of nitrogens with zero attached hydrogens (tertiary/aromatic N) is 2. The molecule has 1 aliphatic heterocycles. The Morgan fingerprint density at radius 3 is 2.33 bits per heavy atom. The summed E-state index contributed by atoms with van der Waals surface area (Å²) in [4.78, 5) is 7.40. The van der Waals surface area contributed by atoms with Crippen LogP contribution in [0.3, 0.4) is 0 Å². The van der Waals surface area contributed by atoms with Crippen LogP contribution < -0.4 is 10.2 Å². The summed E-state index contributed by atoms with van der Waals surface area (Å²) in [5, 5.41) is 6.83. The predicted molar refractivity (Wildman–Crippen MR) is 117 cm³/mol. The van der Waals surface area contributed by atoms with Crippen LogP contribution in [0.1, 0.15) is 63.5 Å².